The molecule has 0 saturated heterocycles. The first-order chi connectivity index (χ1) is 9.81. The first-order valence-corrected chi connectivity index (χ1v) is 7.93. The topological polar surface area (TPSA) is 42.7 Å². The molecule has 0 amide bonds. The van der Waals surface area contributed by atoms with Crippen molar-refractivity contribution in [3.8, 4) is 0 Å². The highest BCUT2D eigenvalue weighted by atomic mass is 79.9. The summed E-state index contributed by atoms with van der Waals surface area (Å²) in [5.74, 6) is 0.732. The van der Waals surface area contributed by atoms with E-state index >= 15 is 0 Å². The predicted octanol–water partition coefficient (Wildman–Crippen LogP) is 2.97. The highest BCUT2D eigenvalue weighted by molar-refractivity contribution is 9.10. The van der Waals surface area contributed by atoms with E-state index in [9.17, 15) is 0 Å². The van der Waals surface area contributed by atoms with Crippen LogP contribution in [0.1, 0.15) is 30.7 Å². The fourth-order valence-electron chi connectivity index (χ4n) is 2.69. The summed E-state index contributed by atoms with van der Waals surface area (Å²) in [5, 5.41) is 11.4. The molecule has 4 nitrogen and oxygen atoms in total. The molecular formula is C15H19BrN4. The van der Waals surface area contributed by atoms with Crippen LogP contribution in [-0.4, -0.2) is 27.6 Å². The summed E-state index contributed by atoms with van der Waals surface area (Å²) in [5.41, 5.74) is 1.47. The third kappa shape index (κ3) is 3.46. The zero-order valence-corrected chi connectivity index (χ0v) is 13.0. The molecule has 0 atom stereocenters. The zero-order valence-electron chi connectivity index (χ0n) is 11.4. The molecule has 1 heterocycles. The number of halogens is 1. The molecule has 0 spiro atoms. The minimum atomic E-state index is 0.680. The summed E-state index contributed by atoms with van der Waals surface area (Å²) in [4.78, 5) is 0. The second-order valence-electron chi connectivity index (χ2n) is 5.39. The third-order valence-corrected chi connectivity index (χ3v) is 4.48. The maximum absolute atomic E-state index is 3.96. The second kappa shape index (κ2) is 6.50. The molecule has 1 aliphatic rings. The van der Waals surface area contributed by atoms with Gasteiger partial charge in [0.15, 0.2) is 0 Å². The van der Waals surface area contributed by atoms with Gasteiger partial charge in [-0.25, -0.2) is 0 Å². The van der Waals surface area contributed by atoms with E-state index in [-0.39, 0.29) is 0 Å². The molecule has 0 unspecified atom stereocenters. The number of aryl methyl sites for hydroxylation is 1. The van der Waals surface area contributed by atoms with Gasteiger partial charge in [-0.2, -0.15) is 0 Å². The number of hydrogen-bond donors (Lipinski definition) is 1. The minimum Gasteiger partial charge on any atom is -0.314 e. The van der Waals surface area contributed by atoms with Crippen molar-refractivity contribution in [1.82, 2.24) is 20.3 Å². The first-order valence-electron chi connectivity index (χ1n) is 7.14. The Morgan fingerprint density at radius 2 is 2.05 bits per heavy atom. The monoisotopic (exact) mass is 334 g/mol. The van der Waals surface area contributed by atoms with Crippen molar-refractivity contribution in [3.63, 3.8) is 0 Å². The maximum atomic E-state index is 3.96. The van der Waals surface area contributed by atoms with Crippen LogP contribution in [0.15, 0.2) is 41.1 Å². The van der Waals surface area contributed by atoms with Gasteiger partial charge in [0.05, 0.1) is 6.20 Å². The highest BCUT2D eigenvalue weighted by Crippen LogP contribution is 2.37. The quantitative estimate of drug-likeness (QED) is 0.826. The lowest BCUT2D eigenvalue weighted by atomic mass is 9.76. The van der Waals surface area contributed by atoms with E-state index in [1.54, 1.807) is 6.20 Å². The smallest absolute Gasteiger partial charge is 0.0692 e. The molecule has 1 saturated carbocycles. The van der Waals surface area contributed by atoms with E-state index in [2.05, 4.69) is 55.8 Å². The van der Waals surface area contributed by atoms with Gasteiger partial charge in [-0.15, -0.1) is 5.10 Å². The van der Waals surface area contributed by atoms with Gasteiger partial charge in [0.1, 0.15) is 0 Å². The molecule has 1 aliphatic carbocycles. The van der Waals surface area contributed by atoms with Gasteiger partial charge in [-0.1, -0.05) is 33.3 Å². The molecule has 2 aromatic rings. The van der Waals surface area contributed by atoms with E-state index in [0.717, 1.165) is 29.9 Å². The van der Waals surface area contributed by atoms with Crippen molar-refractivity contribution in [3.05, 3.63) is 46.7 Å². The zero-order chi connectivity index (χ0) is 13.8. The molecule has 1 N–H and O–H groups in total. The van der Waals surface area contributed by atoms with Gasteiger partial charge < -0.3 is 5.32 Å². The lowest BCUT2D eigenvalue weighted by molar-refractivity contribution is 0.288. The molecule has 3 rings (SSSR count). The van der Waals surface area contributed by atoms with Crippen LogP contribution < -0.4 is 5.32 Å². The molecule has 1 fully saturated rings. The van der Waals surface area contributed by atoms with E-state index in [0.29, 0.717) is 6.04 Å². The molecule has 0 bridgehead atoms. The van der Waals surface area contributed by atoms with Crippen molar-refractivity contribution in [2.24, 2.45) is 0 Å². The van der Waals surface area contributed by atoms with E-state index in [1.165, 1.54) is 18.4 Å². The summed E-state index contributed by atoms with van der Waals surface area (Å²) in [7, 11) is 0. The Labute approximate surface area is 127 Å². The van der Waals surface area contributed by atoms with E-state index in [1.807, 2.05) is 10.9 Å². The summed E-state index contributed by atoms with van der Waals surface area (Å²) < 4.78 is 3.04. The number of rotatable bonds is 6. The van der Waals surface area contributed by atoms with Crippen molar-refractivity contribution >= 4 is 15.9 Å². The Morgan fingerprint density at radius 1 is 1.25 bits per heavy atom. The number of benzene rings is 1. The van der Waals surface area contributed by atoms with Gasteiger partial charge in [-0.3, -0.25) is 4.68 Å². The first kappa shape index (κ1) is 13.8. The number of nitrogens with zero attached hydrogens (tertiary/aromatic N) is 3. The van der Waals surface area contributed by atoms with Crippen LogP contribution in [0.2, 0.25) is 0 Å². The standard InChI is InChI=1S/C15H19BrN4/c16-14-4-2-12(3-5-14)13-10-15(11-13)17-6-1-8-20-9-7-18-19-20/h2-5,7,9,13,15,17H,1,6,8,10-11H2. The fourth-order valence-corrected chi connectivity index (χ4v) is 2.96. The Kier molecular flexibility index (Phi) is 4.47. The average molecular weight is 335 g/mol. The molecule has 20 heavy (non-hydrogen) atoms. The fraction of sp³-hybridized carbons (Fsp3) is 0.467. The highest BCUT2D eigenvalue weighted by Gasteiger charge is 2.29. The molecule has 0 aliphatic heterocycles. The second-order valence-corrected chi connectivity index (χ2v) is 6.31. The van der Waals surface area contributed by atoms with Crippen LogP contribution in [0.5, 0.6) is 0 Å². The van der Waals surface area contributed by atoms with Gasteiger partial charge in [0, 0.05) is 23.3 Å². The molecular weight excluding hydrogens is 316 g/mol. The Hall–Kier alpha value is -1.20. The lowest BCUT2D eigenvalue weighted by Crippen LogP contribution is -2.40. The van der Waals surface area contributed by atoms with Crippen molar-refractivity contribution in [1.29, 1.82) is 0 Å². The van der Waals surface area contributed by atoms with Crippen LogP contribution in [0.3, 0.4) is 0 Å². The van der Waals surface area contributed by atoms with Crippen LogP contribution in [0, 0.1) is 0 Å². The Balaban J connectivity index is 1.33. The van der Waals surface area contributed by atoms with E-state index in [4.69, 9.17) is 0 Å². The SMILES string of the molecule is Brc1ccc(C2CC(NCCCn3ccnn3)C2)cc1. The average Bonchev–Trinajstić information content (AvgIpc) is 2.91. The van der Waals surface area contributed by atoms with Gasteiger partial charge >= 0.3 is 0 Å². The summed E-state index contributed by atoms with van der Waals surface area (Å²) >= 11 is 3.48. The third-order valence-electron chi connectivity index (χ3n) is 3.95. The maximum Gasteiger partial charge on any atom is 0.0692 e. The van der Waals surface area contributed by atoms with Gasteiger partial charge in [-0.05, 0) is 49.4 Å². The van der Waals surface area contributed by atoms with Crippen LogP contribution in [-0.2, 0) is 6.54 Å². The van der Waals surface area contributed by atoms with E-state index < -0.39 is 0 Å². The van der Waals surface area contributed by atoms with Crippen LogP contribution in [0.25, 0.3) is 0 Å². The van der Waals surface area contributed by atoms with Crippen molar-refractivity contribution in [2.75, 3.05) is 6.54 Å². The molecule has 0 radical (unpaired) electrons. The largest absolute Gasteiger partial charge is 0.314 e. The number of hydrogen-bond acceptors (Lipinski definition) is 3. The van der Waals surface area contributed by atoms with Crippen LogP contribution >= 0.6 is 15.9 Å². The Morgan fingerprint density at radius 3 is 2.75 bits per heavy atom. The lowest BCUT2D eigenvalue weighted by Gasteiger charge is -2.36. The summed E-state index contributed by atoms with van der Waals surface area (Å²) in [6.07, 6.45) is 7.24. The summed E-state index contributed by atoms with van der Waals surface area (Å²) in [6.45, 7) is 1.99. The van der Waals surface area contributed by atoms with Gasteiger partial charge in [0.25, 0.3) is 0 Å². The summed E-state index contributed by atoms with van der Waals surface area (Å²) in [6, 6.07) is 9.41. The number of nitrogens with one attached hydrogen (secondary N) is 1. The molecule has 106 valence electrons. The Bertz CT molecular complexity index is 517. The minimum absolute atomic E-state index is 0.680. The molecule has 1 aromatic heterocycles. The molecule has 1 aromatic carbocycles. The van der Waals surface area contributed by atoms with Crippen molar-refractivity contribution in [2.45, 2.75) is 37.8 Å². The van der Waals surface area contributed by atoms with Crippen LogP contribution in [0.4, 0.5) is 0 Å². The molecule has 5 heteroatoms. The number of aromatic nitrogens is 3. The predicted molar refractivity (Wildman–Crippen MR) is 82.5 cm³/mol. The normalized spacial score (nSPS) is 21.6. The van der Waals surface area contributed by atoms with Gasteiger partial charge in [0.2, 0.25) is 0 Å². The van der Waals surface area contributed by atoms with Crippen molar-refractivity contribution < 1.29 is 0 Å².